The molecule has 15 heavy (non-hydrogen) atoms. The van der Waals surface area contributed by atoms with Crippen molar-refractivity contribution in [1.82, 2.24) is 5.48 Å². The molecule has 0 spiro atoms. The van der Waals surface area contributed by atoms with E-state index in [-0.39, 0.29) is 5.91 Å². The van der Waals surface area contributed by atoms with Crippen LogP contribution in [0.2, 0.25) is 0 Å². The zero-order chi connectivity index (χ0) is 11.3. The summed E-state index contributed by atoms with van der Waals surface area (Å²) in [5, 5.41) is 8.36. The second-order valence-electron chi connectivity index (χ2n) is 3.93. The molecule has 2 N–H and O–H groups in total. The van der Waals surface area contributed by atoms with Gasteiger partial charge in [-0.25, -0.2) is 5.48 Å². The molecule has 0 bridgehead atoms. The van der Waals surface area contributed by atoms with Crippen LogP contribution >= 0.6 is 0 Å². The number of carbonyl (C=O) groups excluding carboxylic acids is 1. The first-order chi connectivity index (χ1) is 7.13. The van der Waals surface area contributed by atoms with E-state index in [1.165, 1.54) is 5.56 Å². The van der Waals surface area contributed by atoms with E-state index in [0.717, 1.165) is 5.56 Å². The molecule has 3 nitrogen and oxygen atoms in total. The lowest BCUT2D eigenvalue weighted by molar-refractivity contribution is -0.129. The van der Waals surface area contributed by atoms with Gasteiger partial charge in [0.15, 0.2) is 0 Å². The average Bonchev–Trinajstić information content (AvgIpc) is 2.26. The van der Waals surface area contributed by atoms with Crippen LogP contribution in [0, 0.1) is 0 Å². The number of amides is 1. The minimum atomic E-state index is -0.343. The summed E-state index contributed by atoms with van der Waals surface area (Å²) in [4.78, 5) is 10.8. The fourth-order valence-electron chi connectivity index (χ4n) is 1.42. The Labute approximate surface area is 90.1 Å². The zero-order valence-corrected chi connectivity index (χ0v) is 9.16. The molecule has 0 aliphatic rings. The molecule has 0 atom stereocenters. The molecule has 1 rings (SSSR count). The van der Waals surface area contributed by atoms with Gasteiger partial charge in [-0.1, -0.05) is 38.1 Å². The van der Waals surface area contributed by atoms with Crippen LogP contribution in [0.3, 0.4) is 0 Å². The van der Waals surface area contributed by atoms with Gasteiger partial charge in [0.25, 0.3) is 0 Å². The monoisotopic (exact) mass is 207 g/mol. The highest BCUT2D eigenvalue weighted by Gasteiger charge is 2.03. The van der Waals surface area contributed by atoms with Crippen molar-refractivity contribution in [3.05, 3.63) is 35.4 Å². The molecule has 0 aliphatic heterocycles. The van der Waals surface area contributed by atoms with Crippen molar-refractivity contribution < 1.29 is 10.0 Å². The van der Waals surface area contributed by atoms with E-state index in [1.54, 1.807) is 5.48 Å². The lowest BCUT2D eigenvalue weighted by atomic mass is 9.99. The maximum absolute atomic E-state index is 10.8. The van der Waals surface area contributed by atoms with Gasteiger partial charge in [0, 0.05) is 6.42 Å². The summed E-state index contributed by atoms with van der Waals surface area (Å²) in [7, 11) is 0. The Balaban J connectivity index is 2.61. The highest BCUT2D eigenvalue weighted by molar-refractivity contribution is 5.74. The Morgan fingerprint density at radius 3 is 2.80 bits per heavy atom. The molecule has 1 amide bonds. The maximum Gasteiger partial charge on any atom is 0.243 e. The normalized spacial score (nSPS) is 10.4. The number of hydrogen-bond donors (Lipinski definition) is 2. The summed E-state index contributed by atoms with van der Waals surface area (Å²) in [6.45, 7) is 4.28. The molecule has 1 aromatic carbocycles. The van der Waals surface area contributed by atoms with Crippen LogP contribution < -0.4 is 5.48 Å². The number of carbonyl (C=O) groups is 1. The molecule has 82 valence electrons. The van der Waals surface area contributed by atoms with Gasteiger partial charge in [-0.15, -0.1) is 0 Å². The third-order valence-corrected chi connectivity index (χ3v) is 2.38. The van der Waals surface area contributed by atoms with E-state index in [1.807, 2.05) is 12.1 Å². The number of hydroxylamine groups is 1. The molecular weight excluding hydrogens is 190 g/mol. The van der Waals surface area contributed by atoms with Crippen molar-refractivity contribution in [2.24, 2.45) is 0 Å². The Morgan fingerprint density at radius 2 is 2.20 bits per heavy atom. The first-order valence-electron chi connectivity index (χ1n) is 5.15. The molecule has 0 heterocycles. The minimum absolute atomic E-state index is 0.318. The van der Waals surface area contributed by atoms with Crippen molar-refractivity contribution in [2.45, 2.75) is 32.6 Å². The van der Waals surface area contributed by atoms with Crippen LogP contribution in [-0.4, -0.2) is 11.1 Å². The molecule has 0 aliphatic carbocycles. The van der Waals surface area contributed by atoms with E-state index < -0.39 is 0 Å². The smallest absolute Gasteiger partial charge is 0.243 e. The number of hydrogen-bond acceptors (Lipinski definition) is 2. The van der Waals surface area contributed by atoms with Crippen LogP contribution in [0.5, 0.6) is 0 Å². The van der Waals surface area contributed by atoms with Crippen LogP contribution in [0.1, 0.15) is 37.3 Å². The Morgan fingerprint density at radius 1 is 1.47 bits per heavy atom. The van der Waals surface area contributed by atoms with Crippen molar-refractivity contribution in [2.75, 3.05) is 0 Å². The Hall–Kier alpha value is -1.35. The van der Waals surface area contributed by atoms with Gasteiger partial charge in [-0.05, 0) is 23.5 Å². The molecular formula is C12H17NO2. The molecule has 0 fully saturated rings. The SMILES string of the molecule is CC(C)c1cccc(CCC(=O)NO)c1. The van der Waals surface area contributed by atoms with E-state index in [0.29, 0.717) is 18.8 Å². The van der Waals surface area contributed by atoms with E-state index in [4.69, 9.17) is 5.21 Å². The third-order valence-electron chi connectivity index (χ3n) is 2.38. The van der Waals surface area contributed by atoms with E-state index in [2.05, 4.69) is 26.0 Å². The summed E-state index contributed by atoms with van der Waals surface area (Å²) in [6, 6.07) is 8.19. The van der Waals surface area contributed by atoms with Crippen LogP contribution in [0.25, 0.3) is 0 Å². The van der Waals surface area contributed by atoms with Crippen molar-refractivity contribution in [3.8, 4) is 0 Å². The fraction of sp³-hybridized carbons (Fsp3) is 0.417. The molecule has 0 radical (unpaired) electrons. The van der Waals surface area contributed by atoms with Crippen molar-refractivity contribution in [1.29, 1.82) is 0 Å². The molecule has 1 aromatic rings. The largest absolute Gasteiger partial charge is 0.289 e. The van der Waals surface area contributed by atoms with Crippen LogP contribution in [-0.2, 0) is 11.2 Å². The van der Waals surface area contributed by atoms with E-state index >= 15 is 0 Å². The first kappa shape index (κ1) is 11.7. The highest BCUT2D eigenvalue weighted by atomic mass is 16.5. The molecule has 0 saturated carbocycles. The first-order valence-corrected chi connectivity index (χ1v) is 5.15. The third kappa shape index (κ3) is 3.72. The summed E-state index contributed by atoms with van der Waals surface area (Å²) in [6.07, 6.45) is 0.977. The predicted molar refractivity (Wildman–Crippen MR) is 58.8 cm³/mol. The summed E-state index contributed by atoms with van der Waals surface area (Å²) in [5.74, 6) is 0.154. The lowest BCUT2D eigenvalue weighted by Crippen LogP contribution is -2.18. The highest BCUT2D eigenvalue weighted by Crippen LogP contribution is 2.16. The second-order valence-corrected chi connectivity index (χ2v) is 3.93. The summed E-state index contributed by atoms with van der Waals surface area (Å²) in [5.41, 5.74) is 4.04. The van der Waals surface area contributed by atoms with Gasteiger partial charge in [-0.2, -0.15) is 0 Å². The number of nitrogens with one attached hydrogen (secondary N) is 1. The van der Waals surface area contributed by atoms with Gasteiger partial charge >= 0.3 is 0 Å². The van der Waals surface area contributed by atoms with Gasteiger partial charge in [0.1, 0.15) is 0 Å². The Kier molecular flexibility index (Phi) is 4.31. The minimum Gasteiger partial charge on any atom is -0.289 e. The van der Waals surface area contributed by atoms with E-state index in [9.17, 15) is 4.79 Å². The van der Waals surface area contributed by atoms with Gasteiger partial charge in [0.05, 0.1) is 0 Å². The molecule has 0 aromatic heterocycles. The van der Waals surface area contributed by atoms with Gasteiger partial charge < -0.3 is 0 Å². The van der Waals surface area contributed by atoms with Crippen LogP contribution in [0.4, 0.5) is 0 Å². The molecule has 0 saturated heterocycles. The number of benzene rings is 1. The van der Waals surface area contributed by atoms with Gasteiger partial charge in [-0.3, -0.25) is 10.0 Å². The zero-order valence-electron chi connectivity index (χ0n) is 9.16. The fourth-order valence-corrected chi connectivity index (χ4v) is 1.42. The standard InChI is InChI=1S/C12H17NO2/c1-9(2)11-5-3-4-10(8-11)6-7-12(14)13-15/h3-5,8-9,15H,6-7H2,1-2H3,(H,13,14). The topological polar surface area (TPSA) is 49.3 Å². The number of aryl methyl sites for hydroxylation is 1. The lowest BCUT2D eigenvalue weighted by Gasteiger charge is -2.07. The molecule has 3 heteroatoms. The average molecular weight is 207 g/mol. The summed E-state index contributed by atoms with van der Waals surface area (Å²) < 4.78 is 0. The quantitative estimate of drug-likeness (QED) is 0.587. The second kappa shape index (κ2) is 5.51. The van der Waals surface area contributed by atoms with Gasteiger partial charge in [0.2, 0.25) is 5.91 Å². The number of rotatable bonds is 4. The van der Waals surface area contributed by atoms with Crippen molar-refractivity contribution in [3.63, 3.8) is 0 Å². The van der Waals surface area contributed by atoms with Crippen molar-refractivity contribution >= 4 is 5.91 Å². The maximum atomic E-state index is 10.8. The summed E-state index contributed by atoms with van der Waals surface area (Å²) >= 11 is 0. The predicted octanol–water partition coefficient (Wildman–Crippen LogP) is 2.25. The Bertz CT molecular complexity index is 334. The van der Waals surface area contributed by atoms with Crippen LogP contribution in [0.15, 0.2) is 24.3 Å². The molecule has 0 unspecified atom stereocenters.